The molecule has 1 aliphatic rings. The Hall–Kier alpha value is -0.950. The number of methoxy groups -OCH3 is 1. The van der Waals surface area contributed by atoms with Crippen LogP contribution in [0.15, 0.2) is 29.2 Å². The molecule has 1 saturated heterocycles. The number of hydrogen-bond acceptors (Lipinski definition) is 4. The maximum atomic E-state index is 12.6. The van der Waals surface area contributed by atoms with E-state index in [2.05, 4.69) is 12.2 Å². The molecule has 6 heteroatoms. The molecule has 1 aromatic rings. The van der Waals surface area contributed by atoms with E-state index >= 15 is 0 Å². The molecule has 0 radical (unpaired) electrons. The van der Waals surface area contributed by atoms with Gasteiger partial charge in [0.2, 0.25) is 10.0 Å². The molecule has 0 aliphatic carbocycles. The molecule has 0 saturated carbocycles. The SMILES string of the molecule is CCCNCc1cccc(S(=O)(=O)N2CCC(OC)C2)c1. The number of hydrogen-bond donors (Lipinski definition) is 1. The zero-order valence-corrected chi connectivity index (χ0v) is 13.5. The van der Waals surface area contributed by atoms with Gasteiger partial charge in [-0.25, -0.2) is 8.42 Å². The minimum atomic E-state index is -3.41. The highest BCUT2D eigenvalue weighted by Crippen LogP contribution is 2.22. The van der Waals surface area contributed by atoms with Crippen LogP contribution in [0.25, 0.3) is 0 Å². The van der Waals surface area contributed by atoms with Gasteiger partial charge in [0.15, 0.2) is 0 Å². The summed E-state index contributed by atoms with van der Waals surface area (Å²) in [5, 5.41) is 3.29. The van der Waals surface area contributed by atoms with Gasteiger partial charge in [0, 0.05) is 26.7 Å². The molecule has 1 fully saturated rings. The van der Waals surface area contributed by atoms with E-state index in [9.17, 15) is 8.42 Å². The molecule has 21 heavy (non-hydrogen) atoms. The normalized spacial score (nSPS) is 20.0. The molecular formula is C15H24N2O3S. The molecule has 2 rings (SSSR count). The second-order valence-corrected chi connectivity index (χ2v) is 7.27. The van der Waals surface area contributed by atoms with Crippen LogP contribution in [0, 0.1) is 0 Å². The van der Waals surface area contributed by atoms with Crippen molar-refractivity contribution in [3.05, 3.63) is 29.8 Å². The van der Waals surface area contributed by atoms with Gasteiger partial charge >= 0.3 is 0 Å². The molecule has 118 valence electrons. The zero-order chi connectivity index (χ0) is 15.3. The monoisotopic (exact) mass is 312 g/mol. The Labute approximate surface area is 127 Å². The number of nitrogens with zero attached hydrogens (tertiary/aromatic N) is 1. The lowest BCUT2D eigenvalue weighted by Gasteiger charge is -2.17. The number of rotatable bonds is 7. The Morgan fingerprint density at radius 1 is 1.43 bits per heavy atom. The van der Waals surface area contributed by atoms with E-state index in [-0.39, 0.29) is 6.10 Å². The lowest BCUT2D eigenvalue weighted by atomic mass is 10.2. The number of sulfonamides is 1. The Balaban J connectivity index is 2.11. The topological polar surface area (TPSA) is 58.6 Å². The predicted molar refractivity (Wildman–Crippen MR) is 82.6 cm³/mol. The van der Waals surface area contributed by atoms with E-state index in [0.29, 0.717) is 24.5 Å². The summed E-state index contributed by atoms with van der Waals surface area (Å²) in [6.07, 6.45) is 1.83. The molecule has 0 aromatic heterocycles. The Morgan fingerprint density at radius 2 is 2.24 bits per heavy atom. The van der Waals surface area contributed by atoms with Crippen LogP contribution in [-0.4, -0.2) is 45.6 Å². The van der Waals surface area contributed by atoms with E-state index in [4.69, 9.17) is 4.74 Å². The Morgan fingerprint density at radius 3 is 2.90 bits per heavy atom. The van der Waals surface area contributed by atoms with Gasteiger partial charge in [-0.2, -0.15) is 4.31 Å². The molecule has 0 bridgehead atoms. The summed E-state index contributed by atoms with van der Waals surface area (Å²) in [4.78, 5) is 0.370. The van der Waals surface area contributed by atoms with Crippen molar-refractivity contribution in [2.75, 3.05) is 26.7 Å². The third kappa shape index (κ3) is 4.03. The Bertz CT molecular complexity index is 560. The summed E-state index contributed by atoms with van der Waals surface area (Å²) >= 11 is 0. The molecule has 1 unspecified atom stereocenters. The summed E-state index contributed by atoms with van der Waals surface area (Å²) in [7, 11) is -1.78. The number of ether oxygens (including phenoxy) is 1. The zero-order valence-electron chi connectivity index (χ0n) is 12.7. The van der Waals surface area contributed by atoms with Gasteiger partial charge in [-0.3, -0.25) is 0 Å². The van der Waals surface area contributed by atoms with E-state index in [0.717, 1.165) is 24.9 Å². The van der Waals surface area contributed by atoms with Crippen molar-refractivity contribution >= 4 is 10.0 Å². The molecule has 1 heterocycles. The van der Waals surface area contributed by atoms with Crippen molar-refractivity contribution in [1.29, 1.82) is 0 Å². The van der Waals surface area contributed by atoms with Gasteiger partial charge in [-0.05, 0) is 37.1 Å². The van der Waals surface area contributed by atoms with Crippen molar-refractivity contribution < 1.29 is 13.2 Å². The van der Waals surface area contributed by atoms with Crippen molar-refractivity contribution in [2.45, 2.75) is 37.3 Å². The molecule has 1 N–H and O–H groups in total. The van der Waals surface area contributed by atoms with Crippen molar-refractivity contribution in [2.24, 2.45) is 0 Å². The summed E-state index contributed by atoms with van der Waals surface area (Å²) < 4.78 is 32.0. The van der Waals surface area contributed by atoms with Crippen LogP contribution in [0.1, 0.15) is 25.3 Å². The lowest BCUT2D eigenvalue weighted by molar-refractivity contribution is 0.115. The summed E-state index contributed by atoms with van der Waals surface area (Å²) in [5.74, 6) is 0. The van der Waals surface area contributed by atoms with Gasteiger partial charge in [-0.15, -0.1) is 0 Å². The first-order chi connectivity index (χ1) is 10.1. The first-order valence-electron chi connectivity index (χ1n) is 7.40. The van der Waals surface area contributed by atoms with Crippen LogP contribution in [-0.2, 0) is 21.3 Å². The molecule has 0 spiro atoms. The second-order valence-electron chi connectivity index (χ2n) is 5.33. The van der Waals surface area contributed by atoms with Gasteiger partial charge in [0.05, 0.1) is 11.0 Å². The molecule has 0 amide bonds. The second kappa shape index (κ2) is 7.35. The average Bonchev–Trinajstić information content (AvgIpc) is 2.97. The van der Waals surface area contributed by atoms with Crippen LogP contribution < -0.4 is 5.32 Å². The van der Waals surface area contributed by atoms with Gasteiger partial charge in [0.1, 0.15) is 0 Å². The van der Waals surface area contributed by atoms with Gasteiger partial charge in [-0.1, -0.05) is 19.1 Å². The van der Waals surface area contributed by atoms with Crippen LogP contribution in [0.5, 0.6) is 0 Å². The standard InChI is InChI=1S/C15H24N2O3S/c1-3-8-16-11-13-5-4-6-15(10-13)21(18,19)17-9-7-14(12-17)20-2/h4-6,10,14,16H,3,7-9,11-12H2,1-2H3. The Kier molecular flexibility index (Phi) is 5.75. The predicted octanol–water partition coefficient (Wildman–Crippen LogP) is 1.60. The van der Waals surface area contributed by atoms with Crippen LogP contribution in [0.3, 0.4) is 0 Å². The van der Waals surface area contributed by atoms with E-state index in [1.54, 1.807) is 25.3 Å². The largest absolute Gasteiger partial charge is 0.380 e. The lowest BCUT2D eigenvalue weighted by Crippen LogP contribution is -2.30. The van der Waals surface area contributed by atoms with E-state index in [1.807, 2.05) is 6.07 Å². The fourth-order valence-electron chi connectivity index (χ4n) is 2.48. The van der Waals surface area contributed by atoms with E-state index in [1.165, 1.54) is 4.31 Å². The third-order valence-corrected chi connectivity index (χ3v) is 5.59. The summed E-state index contributed by atoms with van der Waals surface area (Å²) in [5.41, 5.74) is 0.993. The van der Waals surface area contributed by atoms with Crippen LogP contribution in [0.4, 0.5) is 0 Å². The molecular weight excluding hydrogens is 288 g/mol. The number of nitrogens with one attached hydrogen (secondary N) is 1. The molecule has 1 aromatic carbocycles. The first-order valence-corrected chi connectivity index (χ1v) is 8.84. The molecule has 5 nitrogen and oxygen atoms in total. The van der Waals surface area contributed by atoms with Gasteiger partial charge in [0.25, 0.3) is 0 Å². The smallest absolute Gasteiger partial charge is 0.243 e. The highest BCUT2D eigenvalue weighted by atomic mass is 32.2. The van der Waals surface area contributed by atoms with E-state index < -0.39 is 10.0 Å². The third-order valence-electron chi connectivity index (χ3n) is 3.73. The van der Waals surface area contributed by atoms with Gasteiger partial charge < -0.3 is 10.1 Å². The molecule has 1 atom stereocenters. The van der Waals surface area contributed by atoms with Crippen molar-refractivity contribution in [3.63, 3.8) is 0 Å². The van der Waals surface area contributed by atoms with Crippen LogP contribution in [0.2, 0.25) is 0 Å². The number of benzene rings is 1. The maximum absolute atomic E-state index is 12.6. The quantitative estimate of drug-likeness (QED) is 0.777. The summed E-state index contributed by atoms with van der Waals surface area (Å²) in [6, 6.07) is 7.18. The van der Waals surface area contributed by atoms with Crippen molar-refractivity contribution in [1.82, 2.24) is 9.62 Å². The molecule has 1 aliphatic heterocycles. The fourth-order valence-corrected chi connectivity index (χ4v) is 4.04. The highest BCUT2D eigenvalue weighted by molar-refractivity contribution is 7.89. The fraction of sp³-hybridized carbons (Fsp3) is 0.600. The van der Waals surface area contributed by atoms with Crippen LogP contribution >= 0.6 is 0 Å². The van der Waals surface area contributed by atoms with Crippen molar-refractivity contribution in [3.8, 4) is 0 Å². The highest BCUT2D eigenvalue weighted by Gasteiger charge is 2.32. The average molecular weight is 312 g/mol. The summed E-state index contributed by atoms with van der Waals surface area (Å²) in [6.45, 7) is 4.69. The minimum Gasteiger partial charge on any atom is -0.380 e. The maximum Gasteiger partial charge on any atom is 0.243 e. The minimum absolute atomic E-state index is 0.00850. The first kappa shape index (κ1) is 16.4.